The summed E-state index contributed by atoms with van der Waals surface area (Å²) in [5.74, 6) is -1.76. The molecule has 0 unspecified atom stereocenters. The van der Waals surface area contributed by atoms with Crippen LogP contribution < -0.4 is 5.32 Å². The maximum absolute atomic E-state index is 13.1. The second kappa shape index (κ2) is 8.10. The standard InChI is InChI=1S/C23H24N2O5/c1-14-5-9-16(10-6-14)19(27)20(17-11-7-15(2)8-12-17)30-18(26)13-25-21(28)23(3,4)24-22(25)29/h5-12,20H,13H2,1-4H3,(H,24,29)/t20-/m1/s1. The number of aryl methyl sites for hydroxylation is 2. The van der Waals surface area contributed by atoms with Gasteiger partial charge in [0.15, 0.2) is 6.10 Å². The summed E-state index contributed by atoms with van der Waals surface area (Å²) >= 11 is 0. The summed E-state index contributed by atoms with van der Waals surface area (Å²) in [7, 11) is 0. The third-order valence-electron chi connectivity index (χ3n) is 4.94. The van der Waals surface area contributed by atoms with Crippen molar-refractivity contribution in [3.05, 3.63) is 70.8 Å². The number of imide groups is 1. The number of hydrogen-bond acceptors (Lipinski definition) is 5. The number of ketones is 1. The molecule has 1 fully saturated rings. The number of carbonyl (C=O) groups excluding carboxylic acids is 4. The Morgan fingerprint density at radius 1 is 0.967 bits per heavy atom. The predicted molar refractivity (Wildman–Crippen MR) is 110 cm³/mol. The fourth-order valence-corrected chi connectivity index (χ4v) is 3.14. The Bertz CT molecular complexity index is 993. The number of carbonyl (C=O) groups is 4. The van der Waals surface area contributed by atoms with E-state index in [2.05, 4.69) is 5.32 Å². The Hall–Kier alpha value is -3.48. The zero-order chi connectivity index (χ0) is 22.1. The lowest BCUT2D eigenvalue weighted by atomic mass is 9.98. The summed E-state index contributed by atoms with van der Waals surface area (Å²) in [6.07, 6.45) is -1.19. The molecule has 0 aliphatic carbocycles. The van der Waals surface area contributed by atoms with Crippen LogP contribution in [0.1, 0.15) is 47.0 Å². The predicted octanol–water partition coefficient (Wildman–Crippen LogP) is 3.10. The molecule has 1 saturated heterocycles. The summed E-state index contributed by atoms with van der Waals surface area (Å²) in [6, 6.07) is 13.4. The van der Waals surface area contributed by atoms with Crippen molar-refractivity contribution in [1.29, 1.82) is 0 Å². The third-order valence-corrected chi connectivity index (χ3v) is 4.94. The van der Waals surface area contributed by atoms with Crippen LogP contribution >= 0.6 is 0 Å². The highest BCUT2D eigenvalue weighted by molar-refractivity contribution is 6.08. The zero-order valence-electron chi connectivity index (χ0n) is 17.4. The monoisotopic (exact) mass is 408 g/mol. The van der Waals surface area contributed by atoms with E-state index in [-0.39, 0.29) is 5.78 Å². The minimum atomic E-state index is -1.19. The van der Waals surface area contributed by atoms with Crippen molar-refractivity contribution in [3.8, 4) is 0 Å². The number of benzene rings is 2. The molecule has 1 N–H and O–H groups in total. The molecule has 2 aromatic rings. The first-order valence-electron chi connectivity index (χ1n) is 9.59. The van der Waals surface area contributed by atoms with E-state index in [4.69, 9.17) is 4.74 Å². The molecule has 3 rings (SSSR count). The second-order valence-electron chi connectivity index (χ2n) is 7.96. The molecular weight excluding hydrogens is 384 g/mol. The van der Waals surface area contributed by atoms with E-state index in [1.54, 1.807) is 50.2 Å². The van der Waals surface area contributed by atoms with Gasteiger partial charge in [-0.2, -0.15) is 0 Å². The molecule has 1 aliphatic heterocycles. The van der Waals surface area contributed by atoms with Gasteiger partial charge in [-0.15, -0.1) is 0 Å². The molecule has 1 aliphatic rings. The second-order valence-corrected chi connectivity index (χ2v) is 7.96. The number of esters is 1. The van der Waals surface area contributed by atoms with Crippen molar-refractivity contribution < 1.29 is 23.9 Å². The van der Waals surface area contributed by atoms with Crippen LogP contribution in [0.4, 0.5) is 4.79 Å². The molecule has 1 atom stereocenters. The molecule has 0 radical (unpaired) electrons. The average molecular weight is 408 g/mol. The average Bonchev–Trinajstić information content (AvgIpc) is 2.88. The molecule has 1 heterocycles. The van der Waals surface area contributed by atoms with Gasteiger partial charge < -0.3 is 10.1 Å². The van der Waals surface area contributed by atoms with Crippen molar-refractivity contribution in [2.24, 2.45) is 0 Å². The lowest BCUT2D eigenvalue weighted by Crippen LogP contribution is -2.41. The van der Waals surface area contributed by atoms with Crippen LogP contribution in [0.3, 0.4) is 0 Å². The number of ether oxygens (including phenoxy) is 1. The van der Waals surface area contributed by atoms with Gasteiger partial charge in [0.2, 0.25) is 5.78 Å². The van der Waals surface area contributed by atoms with Crippen LogP contribution in [0, 0.1) is 13.8 Å². The molecule has 0 spiro atoms. The van der Waals surface area contributed by atoms with Gasteiger partial charge in [0.1, 0.15) is 12.1 Å². The van der Waals surface area contributed by atoms with Gasteiger partial charge >= 0.3 is 12.0 Å². The summed E-state index contributed by atoms with van der Waals surface area (Å²) in [6.45, 7) is 6.35. The zero-order valence-corrected chi connectivity index (χ0v) is 17.4. The first-order chi connectivity index (χ1) is 14.1. The Labute approximate surface area is 175 Å². The van der Waals surface area contributed by atoms with Crippen LogP contribution in [-0.4, -0.2) is 40.7 Å². The van der Waals surface area contributed by atoms with E-state index < -0.39 is 36.1 Å². The first-order valence-corrected chi connectivity index (χ1v) is 9.59. The number of rotatable bonds is 6. The molecular formula is C23H24N2O5. The Kier molecular flexibility index (Phi) is 5.73. The van der Waals surface area contributed by atoms with Gasteiger partial charge in [-0.05, 0) is 27.7 Å². The fraction of sp³-hybridized carbons (Fsp3) is 0.304. The number of nitrogens with one attached hydrogen (secondary N) is 1. The van der Waals surface area contributed by atoms with Crippen LogP contribution in [0.15, 0.2) is 48.5 Å². The summed E-state index contributed by atoms with van der Waals surface area (Å²) in [5, 5.41) is 2.51. The van der Waals surface area contributed by atoms with E-state index in [1.165, 1.54) is 0 Å². The van der Waals surface area contributed by atoms with Crippen LogP contribution in [0.2, 0.25) is 0 Å². The SMILES string of the molecule is Cc1ccc(C(=O)[C@H](OC(=O)CN2C(=O)NC(C)(C)C2=O)c2ccc(C)cc2)cc1. The number of Topliss-reactive ketones (excluding diaryl/α,β-unsaturated/α-hetero) is 1. The van der Waals surface area contributed by atoms with Crippen LogP contribution in [0.25, 0.3) is 0 Å². The van der Waals surface area contributed by atoms with Gasteiger partial charge in [0, 0.05) is 11.1 Å². The van der Waals surface area contributed by atoms with Gasteiger partial charge in [-0.3, -0.25) is 19.3 Å². The van der Waals surface area contributed by atoms with Crippen LogP contribution in [0.5, 0.6) is 0 Å². The maximum atomic E-state index is 13.1. The number of hydrogen-bond donors (Lipinski definition) is 1. The smallest absolute Gasteiger partial charge is 0.327 e. The molecule has 0 aromatic heterocycles. The summed E-state index contributed by atoms with van der Waals surface area (Å²) in [4.78, 5) is 50.9. The normalized spacial score (nSPS) is 16.2. The third kappa shape index (κ3) is 4.40. The van der Waals surface area contributed by atoms with Gasteiger partial charge in [-0.25, -0.2) is 4.79 Å². The summed E-state index contributed by atoms with van der Waals surface area (Å²) in [5.41, 5.74) is 1.81. The lowest BCUT2D eigenvalue weighted by molar-refractivity contribution is -0.150. The van der Waals surface area contributed by atoms with E-state index in [0.29, 0.717) is 11.1 Å². The Morgan fingerprint density at radius 2 is 1.50 bits per heavy atom. The van der Waals surface area contributed by atoms with Crippen molar-refractivity contribution in [1.82, 2.24) is 10.2 Å². The molecule has 2 aromatic carbocycles. The van der Waals surface area contributed by atoms with Crippen LogP contribution in [-0.2, 0) is 14.3 Å². The molecule has 0 saturated carbocycles. The highest BCUT2D eigenvalue weighted by Gasteiger charge is 2.45. The van der Waals surface area contributed by atoms with Crippen molar-refractivity contribution in [2.75, 3.05) is 6.54 Å². The fourth-order valence-electron chi connectivity index (χ4n) is 3.14. The molecule has 156 valence electrons. The first kappa shape index (κ1) is 21.2. The highest BCUT2D eigenvalue weighted by atomic mass is 16.5. The topological polar surface area (TPSA) is 92.8 Å². The van der Waals surface area contributed by atoms with E-state index in [1.807, 2.05) is 26.0 Å². The van der Waals surface area contributed by atoms with Crippen molar-refractivity contribution >= 4 is 23.7 Å². The number of amides is 3. The van der Waals surface area contributed by atoms with Gasteiger partial charge in [0.05, 0.1) is 0 Å². The molecule has 3 amide bonds. The highest BCUT2D eigenvalue weighted by Crippen LogP contribution is 2.24. The summed E-state index contributed by atoms with van der Waals surface area (Å²) < 4.78 is 5.49. The van der Waals surface area contributed by atoms with E-state index in [0.717, 1.165) is 16.0 Å². The van der Waals surface area contributed by atoms with E-state index >= 15 is 0 Å². The number of nitrogens with zero attached hydrogens (tertiary/aromatic N) is 1. The lowest BCUT2D eigenvalue weighted by Gasteiger charge is -2.20. The minimum absolute atomic E-state index is 0.385. The quantitative estimate of drug-likeness (QED) is 0.450. The van der Waals surface area contributed by atoms with Gasteiger partial charge in [0.25, 0.3) is 5.91 Å². The van der Waals surface area contributed by atoms with Gasteiger partial charge in [-0.1, -0.05) is 59.7 Å². The molecule has 0 bridgehead atoms. The van der Waals surface area contributed by atoms with E-state index in [9.17, 15) is 19.2 Å². The number of urea groups is 1. The Balaban J connectivity index is 1.83. The largest absolute Gasteiger partial charge is 0.448 e. The molecule has 30 heavy (non-hydrogen) atoms. The van der Waals surface area contributed by atoms with Crippen molar-refractivity contribution in [2.45, 2.75) is 39.3 Å². The maximum Gasteiger partial charge on any atom is 0.327 e. The molecule has 7 heteroatoms. The van der Waals surface area contributed by atoms with Crippen molar-refractivity contribution in [3.63, 3.8) is 0 Å². The minimum Gasteiger partial charge on any atom is -0.448 e. The Morgan fingerprint density at radius 3 is 2.00 bits per heavy atom. The molecule has 7 nitrogen and oxygen atoms in total.